The zero-order chi connectivity index (χ0) is 14.9. The summed E-state index contributed by atoms with van der Waals surface area (Å²) in [6.07, 6.45) is 3.87. The topological polar surface area (TPSA) is 35.5 Å². The van der Waals surface area contributed by atoms with Crippen LogP contribution in [0.25, 0.3) is 0 Å². The van der Waals surface area contributed by atoms with Gasteiger partial charge in [0, 0.05) is 6.08 Å². The van der Waals surface area contributed by atoms with E-state index in [-0.39, 0.29) is 13.4 Å². The quantitative estimate of drug-likeness (QED) is 0.593. The second-order valence-corrected chi connectivity index (χ2v) is 4.55. The van der Waals surface area contributed by atoms with Gasteiger partial charge in [-0.3, -0.25) is 0 Å². The van der Waals surface area contributed by atoms with Gasteiger partial charge in [0.25, 0.3) is 0 Å². The van der Waals surface area contributed by atoms with Gasteiger partial charge in [0.15, 0.2) is 0 Å². The lowest BCUT2D eigenvalue weighted by molar-refractivity contribution is -0.134. The van der Waals surface area contributed by atoms with E-state index in [4.69, 9.17) is 4.74 Å². The largest absolute Gasteiger partial charge is 0.489 e. The molecule has 0 unspecified atom stereocenters. The van der Waals surface area contributed by atoms with Gasteiger partial charge in [-0.25, -0.2) is 4.79 Å². The van der Waals surface area contributed by atoms with Crippen LogP contribution in [0.5, 0.6) is 5.75 Å². The predicted octanol–water partition coefficient (Wildman–Crippen LogP) is 4.17. The van der Waals surface area contributed by atoms with Gasteiger partial charge in [0.05, 0.1) is 7.11 Å². The Morgan fingerprint density at radius 3 is 2.50 bits per heavy atom. The average molecular weight is 298 g/mol. The highest BCUT2D eigenvalue weighted by molar-refractivity contribution is 5.81. The van der Waals surface area contributed by atoms with Crippen molar-refractivity contribution in [1.82, 2.24) is 0 Å². The van der Waals surface area contributed by atoms with Crippen LogP contribution in [0.2, 0.25) is 0 Å². The molecule has 0 saturated heterocycles. The Morgan fingerprint density at radius 2 is 1.77 bits per heavy atom. The summed E-state index contributed by atoms with van der Waals surface area (Å²) in [4.78, 5) is 11.0. The normalized spacial score (nSPS) is 10.0. The lowest BCUT2D eigenvalue weighted by Gasteiger charge is -2.07. The van der Waals surface area contributed by atoms with Crippen molar-refractivity contribution in [1.29, 1.82) is 0 Å². The van der Waals surface area contributed by atoms with Crippen LogP contribution in [-0.4, -0.2) is 13.1 Å². The first-order valence-electron chi connectivity index (χ1n) is 6.78. The summed E-state index contributed by atoms with van der Waals surface area (Å²) in [6, 6.07) is 17.9. The minimum atomic E-state index is -0.341. The molecule has 0 aliphatic rings. The molecule has 0 saturated carbocycles. The molecule has 0 spiro atoms. The lowest BCUT2D eigenvalue weighted by Crippen LogP contribution is -1.96. The summed E-state index contributed by atoms with van der Waals surface area (Å²) in [5.41, 5.74) is 2.22. The molecule has 3 heteroatoms. The van der Waals surface area contributed by atoms with Gasteiger partial charge >= 0.3 is 5.97 Å². The molecule has 0 heterocycles. The van der Waals surface area contributed by atoms with Crippen LogP contribution in [-0.2, 0) is 22.6 Å². The number of hydrogen-bond acceptors (Lipinski definition) is 3. The molecular formula is C19H22O3. The average Bonchev–Trinajstić information content (AvgIpc) is 2.54. The van der Waals surface area contributed by atoms with Crippen molar-refractivity contribution in [2.45, 2.75) is 20.5 Å². The lowest BCUT2D eigenvalue weighted by atomic mass is 10.1. The second-order valence-electron chi connectivity index (χ2n) is 4.55. The number of carbonyl (C=O) groups excluding carboxylic acids is 1. The van der Waals surface area contributed by atoms with Gasteiger partial charge in [-0.15, -0.1) is 0 Å². The standard InChI is InChI=1S/C18H18O3.CH4/c1-20-18(19)12-6-10-15-9-5-11-17(13-15)21-14-16-7-3-2-4-8-16;/h2-9,11-13H,10,14H2,1H3;1H4/b12-6-;. The number of rotatable bonds is 6. The molecule has 0 bridgehead atoms. The summed E-state index contributed by atoms with van der Waals surface area (Å²) in [6.45, 7) is 0.544. The van der Waals surface area contributed by atoms with Crippen LogP contribution in [0.1, 0.15) is 18.6 Å². The van der Waals surface area contributed by atoms with E-state index in [1.54, 1.807) is 6.08 Å². The van der Waals surface area contributed by atoms with E-state index in [0.29, 0.717) is 13.0 Å². The van der Waals surface area contributed by atoms with E-state index in [1.807, 2.05) is 54.6 Å². The van der Waals surface area contributed by atoms with Crippen molar-refractivity contribution in [3.05, 3.63) is 77.9 Å². The van der Waals surface area contributed by atoms with Crippen LogP contribution in [0, 0.1) is 0 Å². The molecule has 22 heavy (non-hydrogen) atoms. The third kappa shape index (κ3) is 5.83. The molecule has 0 aromatic heterocycles. The molecule has 2 aromatic rings. The van der Waals surface area contributed by atoms with Crippen molar-refractivity contribution in [2.24, 2.45) is 0 Å². The van der Waals surface area contributed by atoms with Gasteiger partial charge in [-0.05, 0) is 29.7 Å². The fourth-order valence-electron chi connectivity index (χ4n) is 1.86. The Labute approximate surface area is 132 Å². The summed E-state index contributed by atoms with van der Waals surface area (Å²) in [5.74, 6) is 0.481. The molecule has 0 atom stereocenters. The maximum atomic E-state index is 11.0. The Bertz CT molecular complexity index is 603. The molecule has 0 fully saturated rings. The van der Waals surface area contributed by atoms with Crippen molar-refractivity contribution >= 4 is 5.97 Å². The zero-order valence-electron chi connectivity index (χ0n) is 12.0. The van der Waals surface area contributed by atoms with E-state index in [1.165, 1.54) is 13.2 Å². The van der Waals surface area contributed by atoms with Gasteiger partial charge in [-0.1, -0.05) is 56.0 Å². The highest BCUT2D eigenvalue weighted by Crippen LogP contribution is 2.15. The maximum absolute atomic E-state index is 11.0. The van der Waals surface area contributed by atoms with Crippen LogP contribution >= 0.6 is 0 Å². The Kier molecular flexibility index (Phi) is 7.48. The van der Waals surface area contributed by atoms with E-state index in [0.717, 1.165) is 16.9 Å². The molecule has 3 nitrogen and oxygen atoms in total. The number of esters is 1. The molecule has 0 aliphatic carbocycles. The zero-order valence-corrected chi connectivity index (χ0v) is 12.0. The monoisotopic (exact) mass is 298 g/mol. The Hall–Kier alpha value is -2.55. The molecule has 116 valence electrons. The second kappa shape index (κ2) is 9.40. The molecule has 2 aromatic carbocycles. The maximum Gasteiger partial charge on any atom is 0.330 e. The van der Waals surface area contributed by atoms with Crippen molar-refractivity contribution in [3.8, 4) is 5.75 Å². The Morgan fingerprint density at radius 1 is 1.05 bits per heavy atom. The van der Waals surface area contributed by atoms with E-state index in [9.17, 15) is 4.79 Å². The highest BCUT2D eigenvalue weighted by atomic mass is 16.5. The summed E-state index contributed by atoms with van der Waals surface area (Å²) < 4.78 is 10.3. The molecule has 0 N–H and O–H groups in total. The van der Waals surface area contributed by atoms with Gasteiger partial charge in [0.1, 0.15) is 12.4 Å². The predicted molar refractivity (Wildman–Crippen MR) is 88.8 cm³/mol. The molecule has 0 radical (unpaired) electrons. The fraction of sp³-hybridized carbons (Fsp3) is 0.211. The minimum absolute atomic E-state index is 0. The summed E-state index contributed by atoms with van der Waals surface area (Å²) in [7, 11) is 1.37. The SMILES string of the molecule is C.COC(=O)/C=C\Cc1cccc(OCc2ccccc2)c1. The molecular weight excluding hydrogens is 276 g/mol. The Balaban J connectivity index is 0.00000242. The van der Waals surface area contributed by atoms with Crippen molar-refractivity contribution in [3.63, 3.8) is 0 Å². The van der Waals surface area contributed by atoms with Gasteiger partial charge in [0.2, 0.25) is 0 Å². The van der Waals surface area contributed by atoms with Gasteiger partial charge in [-0.2, -0.15) is 0 Å². The molecule has 0 aliphatic heterocycles. The fourth-order valence-corrected chi connectivity index (χ4v) is 1.86. The number of carbonyl (C=O) groups is 1. The van der Waals surface area contributed by atoms with E-state index < -0.39 is 0 Å². The van der Waals surface area contributed by atoms with E-state index >= 15 is 0 Å². The number of hydrogen-bond donors (Lipinski definition) is 0. The van der Waals surface area contributed by atoms with Crippen LogP contribution in [0.4, 0.5) is 0 Å². The van der Waals surface area contributed by atoms with Crippen molar-refractivity contribution < 1.29 is 14.3 Å². The minimum Gasteiger partial charge on any atom is -0.489 e. The molecule has 0 amide bonds. The third-order valence-electron chi connectivity index (χ3n) is 2.96. The number of benzene rings is 2. The van der Waals surface area contributed by atoms with Gasteiger partial charge < -0.3 is 9.47 Å². The van der Waals surface area contributed by atoms with Crippen LogP contribution < -0.4 is 4.74 Å². The third-order valence-corrected chi connectivity index (χ3v) is 2.96. The van der Waals surface area contributed by atoms with E-state index in [2.05, 4.69) is 4.74 Å². The summed E-state index contributed by atoms with van der Waals surface area (Å²) in [5, 5.41) is 0. The number of ether oxygens (including phenoxy) is 2. The number of allylic oxidation sites excluding steroid dienone is 1. The van der Waals surface area contributed by atoms with Crippen molar-refractivity contribution in [2.75, 3.05) is 7.11 Å². The highest BCUT2D eigenvalue weighted by Gasteiger charge is 1.98. The summed E-state index contributed by atoms with van der Waals surface area (Å²) >= 11 is 0. The molecule has 2 rings (SSSR count). The first kappa shape index (κ1) is 17.5. The number of methoxy groups -OCH3 is 1. The smallest absolute Gasteiger partial charge is 0.330 e. The van der Waals surface area contributed by atoms with Crippen LogP contribution in [0.3, 0.4) is 0 Å². The van der Waals surface area contributed by atoms with Crippen LogP contribution in [0.15, 0.2) is 66.7 Å². The first-order chi connectivity index (χ1) is 10.3. The first-order valence-corrected chi connectivity index (χ1v) is 6.78.